The number of thioether (sulfide) groups is 1. The molecular weight excluding hydrogens is 460 g/mol. The summed E-state index contributed by atoms with van der Waals surface area (Å²) in [5.41, 5.74) is 3.65. The molecule has 0 bridgehead atoms. The predicted octanol–water partition coefficient (Wildman–Crippen LogP) is 6.24. The predicted molar refractivity (Wildman–Crippen MR) is 136 cm³/mol. The van der Waals surface area contributed by atoms with Crippen LogP contribution >= 0.6 is 35.6 Å². The lowest BCUT2D eigenvalue weighted by Crippen LogP contribution is -2.31. The van der Waals surface area contributed by atoms with Gasteiger partial charge in [0.15, 0.2) is 0 Å². The first-order chi connectivity index (χ1) is 15.5. The molecule has 0 aliphatic carbocycles. The monoisotopic (exact) mass is 478 g/mol. The normalized spacial score (nSPS) is 14.8. The van der Waals surface area contributed by atoms with E-state index in [1.54, 1.807) is 12.1 Å². The van der Waals surface area contributed by atoms with Crippen molar-refractivity contribution >= 4 is 63.5 Å². The molecule has 7 heteroatoms. The van der Waals surface area contributed by atoms with Crippen LogP contribution in [0.2, 0.25) is 5.02 Å². The fraction of sp³-hybridized carbons (Fsp3) is 0.0800. The lowest BCUT2D eigenvalue weighted by molar-refractivity contribution is -0.122. The number of carbonyl (C=O) groups excluding carboxylic acids is 2. The molecule has 0 aromatic heterocycles. The van der Waals surface area contributed by atoms with Crippen LogP contribution in [0.1, 0.15) is 12.0 Å². The van der Waals surface area contributed by atoms with Gasteiger partial charge >= 0.3 is 0 Å². The third kappa shape index (κ3) is 5.27. The van der Waals surface area contributed by atoms with Crippen molar-refractivity contribution in [2.75, 3.05) is 11.9 Å². The van der Waals surface area contributed by atoms with E-state index in [4.69, 9.17) is 23.8 Å². The van der Waals surface area contributed by atoms with Gasteiger partial charge in [-0.25, -0.2) is 0 Å². The Morgan fingerprint density at radius 1 is 0.969 bits per heavy atom. The highest BCUT2D eigenvalue weighted by Gasteiger charge is 2.32. The van der Waals surface area contributed by atoms with Crippen LogP contribution in [0.15, 0.2) is 83.8 Å². The van der Waals surface area contributed by atoms with Crippen molar-refractivity contribution in [2.45, 2.75) is 6.42 Å². The molecule has 0 spiro atoms. The minimum Gasteiger partial charge on any atom is -0.326 e. The van der Waals surface area contributed by atoms with E-state index in [0.717, 1.165) is 16.7 Å². The van der Waals surface area contributed by atoms with E-state index in [1.807, 2.05) is 72.8 Å². The van der Waals surface area contributed by atoms with Crippen molar-refractivity contribution in [3.05, 3.63) is 94.4 Å². The molecule has 1 saturated heterocycles. The van der Waals surface area contributed by atoms with Crippen LogP contribution in [0.5, 0.6) is 0 Å². The third-order valence-electron chi connectivity index (χ3n) is 4.90. The van der Waals surface area contributed by atoms with E-state index in [1.165, 1.54) is 16.7 Å². The van der Waals surface area contributed by atoms with E-state index in [9.17, 15) is 9.59 Å². The fourth-order valence-electron chi connectivity index (χ4n) is 3.24. The van der Waals surface area contributed by atoms with Crippen molar-refractivity contribution in [1.82, 2.24) is 4.90 Å². The van der Waals surface area contributed by atoms with Crippen LogP contribution in [0.3, 0.4) is 0 Å². The second-order valence-electron chi connectivity index (χ2n) is 7.10. The Labute approximate surface area is 201 Å². The first-order valence-electron chi connectivity index (χ1n) is 9.96. The summed E-state index contributed by atoms with van der Waals surface area (Å²) in [5, 5.41) is 3.44. The maximum atomic E-state index is 12.7. The first kappa shape index (κ1) is 22.3. The van der Waals surface area contributed by atoms with Crippen LogP contribution in [0.25, 0.3) is 17.2 Å². The van der Waals surface area contributed by atoms with Gasteiger partial charge in [0, 0.05) is 23.7 Å². The molecule has 1 N–H and O–H groups in total. The average Bonchev–Trinajstić information content (AvgIpc) is 3.07. The smallest absolute Gasteiger partial charge is 0.266 e. The number of rotatable bonds is 6. The number of nitrogens with zero attached hydrogens (tertiary/aromatic N) is 1. The largest absolute Gasteiger partial charge is 0.326 e. The first-order valence-corrected chi connectivity index (χ1v) is 11.6. The zero-order valence-corrected chi connectivity index (χ0v) is 19.3. The van der Waals surface area contributed by atoms with Gasteiger partial charge in [-0.15, -0.1) is 0 Å². The number of hydrogen-bond donors (Lipinski definition) is 1. The number of anilines is 1. The highest BCUT2D eigenvalue weighted by Crippen LogP contribution is 2.33. The lowest BCUT2D eigenvalue weighted by atomic mass is 10.1. The Morgan fingerprint density at radius 3 is 2.34 bits per heavy atom. The zero-order valence-electron chi connectivity index (χ0n) is 17.0. The maximum absolute atomic E-state index is 12.7. The van der Waals surface area contributed by atoms with E-state index in [0.29, 0.717) is 19.9 Å². The Hall–Kier alpha value is -2.93. The van der Waals surface area contributed by atoms with Gasteiger partial charge in [0.1, 0.15) is 4.32 Å². The third-order valence-corrected chi connectivity index (χ3v) is 6.63. The molecule has 32 heavy (non-hydrogen) atoms. The highest BCUT2D eigenvalue weighted by molar-refractivity contribution is 8.26. The van der Waals surface area contributed by atoms with Crippen molar-refractivity contribution in [2.24, 2.45) is 0 Å². The van der Waals surface area contributed by atoms with Crippen molar-refractivity contribution in [3.8, 4) is 11.1 Å². The second kappa shape index (κ2) is 10.1. The summed E-state index contributed by atoms with van der Waals surface area (Å²) in [6.07, 6.45) is 1.88. The van der Waals surface area contributed by atoms with Gasteiger partial charge in [-0.05, 0) is 41.0 Å². The van der Waals surface area contributed by atoms with E-state index < -0.39 is 0 Å². The Kier molecular flexibility index (Phi) is 7.05. The summed E-state index contributed by atoms with van der Waals surface area (Å²) in [4.78, 5) is 27.1. The topological polar surface area (TPSA) is 49.4 Å². The number of hydrogen-bond acceptors (Lipinski definition) is 4. The molecule has 3 aromatic carbocycles. The standard InChI is InChI=1S/C25H19ClN2O2S2/c26-21-9-5-4-8-19(21)16-22-24(30)28(25(31)32-22)15-14-23(29)27-20-12-10-18(11-13-20)17-6-2-1-3-7-17/h1-13,16H,14-15H2,(H,27,29). The number of nitrogens with one attached hydrogen (secondary N) is 1. The minimum absolute atomic E-state index is 0.145. The minimum atomic E-state index is -0.208. The number of benzene rings is 3. The molecule has 0 saturated carbocycles. The van der Waals surface area contributed by atoms with Gasteiger partial charge < -0.3 is 5.32 Å². The number of thiocarbonyl (C=S) groups is 1. The van der Waals surface area contributed by atoms with Crippen molar-refractivity contribution < 1.29 is 9.59 Å². The zero-order chi connectivity index (χ0) is 22.5. The Bertz CT molecular complexity index is 1190. The molecule has 1 aliphatic heterocycles. The van der Waals surface area contributed by atoms with E-state index >= 15 is 0 Å². The number of halogens is 1. The van der Waals surface area contributed by atoms with E-state index in [-0.39, 0.29) is 24.8 Å². The molecule has 160 valence electrons. The molecule has 1 heterocycles. The fourth-order valence-corrected chi connectivity index (χ4v) is 4.73. The van der Waals surface area contributed by atoms with Crippen molar-refractivity contribution in [1.29, 1.82) is 0 Å². The SMILES string of the molecule is O=C(CCN1C(=O)C(=Cc2ccccc2Cl)SC1=S)Nc1ccc(-c2ccccc2)cc1. The van der Waals surface area contributed by atoms with Crippen LogP contribution in [-0.4, -0.2) is 27.6 Å². The van der Waals surface area contributed by atoms with Crippen molar-refractivity contribution in [3.63, 3.8) is 0 Å². The Balaban J connectivity index is 1.34. The van der Waals surface area contributed by atoms with Crippen LogP contribution < -0.4 is 5.32 Å². The second-order valence-corrected chi connectivity index (χ2v) is 9.18. The van der Waals surface area contributed by atoms with Gasteiger partial charge in [0.05, 0.1) is 4.91 Å². The summed E-state index contributed by atoms with van der Waals surface area (Å²) in [7, 11) is 0. The van der Waals surface area contributed by atoms with Gasteiger partial charge in [0.25, 0.3) is 5.91 Å². The molecule has 4 nitrogen and oxygen atoms in total. The highest BCUT2D eigenvalue weighted by atomic mass is 35.5. The molecule has 4 rings (SSSR count). The molecule has 3 aromatic rings. The summed E-state index contributed by atoms with van der Waals surface area (Å²) < 4.78 is 0.438. The molecule has 2 amide bonds. The van der Waals surface area contributed by atoms with Gasteiger partial charge in [-0.3, -0.25) is 14.5 Å². The molecule has 0 radical (unpaired) electrons. The summed E-state index contributed by atoms with van der Waals surface area (Å²) >= 11 is 12.8. The lowest BCUT2D eigenvalue weighted by Gasteiger charge is -2.14. The maximum Gasteiger partial charge on any atom is 0.266 e. The van der Waals surface area contributed by atoms with E-state index in [2.05, 4.69) is 5.32 Å². The molecule has 1 aliphatic rings. The summed E-state index contributed by atoms with van der Waals surface area (Å²) in [6.45, 7) is 0.221. The molecule has 0 atom stereocenters. The quantitative estimate of drug-likeness (QED) is 0.336. The summed E-state index contributed by atoms with van der Waals surface area (Å²) in [5.74, 6) is -0.387. The molecule has 0 unspecified atom stereocenters. The number of carbonyl (C=O) groups is 2. The van der Waals surface area contributed by atoms with Crippen LogP contribution in [0, 0.1) is 0 Å². The van der Waals surface area contributed by atoms with Gasteiger partial charge in [-0.2, -0.15) is 0 Å². The van der Waals surface area contributed by atoms with Crippen LogP contribution in [-0.2, 0) is 9.59 Å². The average molecular weight is 479 g/mol. The summed E-state index contributed by atoms with van der Waals surface area (Å²) in [6, 6.07) is 25.0. The van der Waals surface area contributed by atoms with Crippen LogP contribution in [0.4, 0.5) is 5.69 Å². The van der Waals surface area contributed by atoms with Gasteiger partial charge in [0.2, 0.25) is 5.91 Å². The molecule has 1 fully saturated rings. The number of amides is 2. The molecular formula is C25H19ClN2O2S2. The van der Waals surface area contributed by atoms with Gasteiger partial charge in [-0.1, -0.05) is 96.2 Å². The Morgan fingerprint density at radius 2 is 1.62 bits per heavy atom.